The second-order valence-electron chi connectivity index (χ2n) is 9.44. The molecule has 5 rings (SSSR count). The molecule has 0 amide bonds. The summed E-state index contributed by atoms with van der Waals surface area (Å²) in [6, 6.07) is 14.2. The van der Waals surface area contributed by atoms with Gasteiger partial charge in [0, 0.05) is 18.0 Å². The molecule has 35 heavy (non-hydrogen) atoms. The van der Waals surface area contributed by atoms with Crippen molar-refractivity contribution < 1.29 is 4.21 Å². The Kier molecular flexibility index (Phi) is 6.95. The van der Waals surface area contributed by atoms with Crippen molar-refractivity contribution in [1.29, 1.82) is 4.78 Å². The van der Waals surface area contributed by atoms with Crippen molar-refractivity contribution in [2.45, 2.75) is 49.5 Å². The van der Waals surface area contributed by atoms with Gasteiger partial charge in [-0.05, 0) is 87.0 Å². The summed E-state index contributed by atoms with van der Waals surface area (Å²) in [7, 11) is -2.91. The van der Waals surface area contributed by atoms with Gasteiger partial charge < -0.3 is 15.5 Å². The predicted molar refractivity (Wildman–Crippen MR) is 143 cm³/mol. The molecule has 9 heteroatoms. The lowest BCUT2D eigenvalue weighted by molar-refractivity contribution is 0.222. The Morgan fingerprint density at radius 3 is 2.57 bits per heavy atom. The summed E-state index contributed by atoms with van der Waals surface area (Å²) in [5.74, 6) is 0.810. The third-order valence-corrected chi connectivity index (χ3v) is 8.39. The topological polar surface area (TPSA) is 94.0 Å². The van der Waals surface area contributed by atoms with Gasteiger partial charge in [-0.25, -0.2) is 14.0 Å². The number of aromatic nitrogens is 2. The molecule has 0 bridgehead atoms. The SMILES string of the molecule is CS(=N)(=O)c1ccccc1Nc1nc(Nc2ccc3c(c2)CC[C@@H](N2CCCC2)CC3)ncc1Cl. The van der Waals surface area contributed by atoms with E-state index in [0.29, 0.717) is 33.4 Å². The van der Waals surface area contributed by atoms with Crippen molar-refractivity contribution in [1.82, 2.24) is 14.9 Å². The highest BCUT2D eigenvalue weighted by Crippen LogP contribution is 2.31. The highest BCUT2D eigenvalue weighted by Gasteiger charge is 2.24. The first-order valence-electron chi connectivity index (χ1n) is 12.1. The zero-order valence-corrected chi connectivity index (χ0v) is 21.5. The lowest BCUT2D eigenvalue weighted by Gasteiger charge is -2.25. The third kappa shape index (κ3) is 5.60. The Morgan fingerprint density at radius 1 is 1.06 bits per heavy atom. The Morgan fingerprint density at radius 2 is 1.80 bits per heavy atom. The number of para-hydroxylation sites is 1. The monoisotopic (exact) mass is 510 g/mol. The van der Waals surface area contributed by atoms with Crippen LogP contribution in [0.4, 0.5) is 23.1 Å². The number of halogens is 1. The lowest BCUT2D eigenvalue weighted by Crippen LogP contribution is -2.32. The summed E-state index contributed by atoms with van der Waals surface area (Å²) in [4.78, 5) is 12.0. The minimum Gasteiger partial charge on any atom is -0.338 e. The summed E-state index contributed by atoms with van der Waals surface area (Å²) in [5, 5.41) is 6.79. The van der Waals surface area contributed by atoms with E-state index in [1.807, 2.05) is 6.07 Å². The van der Waals surface area contributed by atoms with Crippen LogP contribution >= 0.6 is 11.6 Å². The molecule has 1 aromatic heterocycles. The maximum absolute atomic E-state index is 12.4. The van der Waals surface area contributed by atoms with E-state index in [4.69, 9.17) is 16.4 Å². The Labute approximate surface area is 212 Å². The smallest absolute Gasteiger partial charge is 0.229 e. The first-order chi connectivity index (χ1) is 16.9. The number of rotatable bonds is 6. The van der Waals surface area contributed by atoms with E-state index >= 15 is 0 Å². The highest BCUT2D eigenvalue weighted by molar-refractivity contribution is 7.91. The van der Waals surface area contributed by atoms with Gasteiger partial charge in [0.1, 0.15) is 5.02 Å². The Hall–Kier alpha value is -2.68. The van der Waals surface area contributed by atoms with Crippen molar-refractivity contribution in [3.05, 3.63) is 64.8 Å². The van der Waals surface area contributed by atoms with Crippen LogP contribution in [0.1, 0.15) is 36.8 Å². The predicted octanol–water partition coefficient (Wildman–Crippen LogP) is 6.00. The van der Waals surface area contributed by atoms with Crippen LogP contribution in [0, 0.1) is 4.78 Å². The average molecular weight is 511 g/mol. The van der Waals surface area contributed by atoms with Gasteiger partial charge in [0.2, 0.25) is 5.95 Å². The molecule has 2 aromatic carbocycles. The third-order valence-electron chi connectivity index (χ3n) is 6.92. The molecule has 1 saturated heterocycles. The number of hydrogen-bond donors (Lipinski definition) is 3. The molecule has 1 aliphatic carbocycles. The Bertz CT molecular complexity index is 1320. The fraction of sp³-hybridized carbons (Fsp3) is 0.385. The van der Waals surface area contributed by atoms with Gasteiger partial charge in [-0.2, -0.15) is 4.98 Å². The summed E-state index contributed by atoms with van der Waals surface area (Å²) < 4.78 is 20.4. The number of likely N-dealkylation sites (tertiary alicyclic amines) is 1. The van der Waals surface area contributed by atoms with Gasteiger partial charge in [0.15, 0.2) is 5.82 Å². The lowest BCUT2D eigenvalue weighted by atomic mass is 10.0. The van der Waals surface area contributed by atoms with E-state index in [9.17, 15) is 4.21 Å². The van der Waals surface area contributed by atoms with Crippen molar-refractivity contribution >= 4 is 44.5 Å². The first-order valence-corrected chi connectivity index (χ1v) is 14.5. The normalized spacial score (nSPS) is 20.0. The van der Waals surface area contributed by atoms with E-state index < -0.39 is 9.73 Å². The summed E-state index contributed by atoms with van der Waals surface area (Å²) in [6.45, 7) is 2.50. The molecule has 2 heterocycles. The van der Waals surface area contributed by atoms with Gasteiger partial charge in [-0.3, -0.25) is 0 Å². The molecule has 7 nitrogen and oxygen atoms in total. The number of anilines is 4. The largest absolute Gasteiger partial charge is 0.338 e. The first kappa shape index (κ1) is 24.0. The van der Waals surface area contributed by atoms with Gasteiger partial charge in [-0.15, -0.1) is 0 Å². The molecule has 3 N–H and O–H groups in total. The summed E-state index contributed by atoms with van der Waals surface area (Å²) >= 11 is 6.36. The van der Waals surface area contributed by atoms with E-state index in [1.165, 1.54) is 62.4 Å². The minimum atomic E-state index is -2.91. The molecule has 2 aliphatic rings. The summed E-state index contributed by atoms with van der Waals surface area (Å²) in [5.41, 5.74) is 4.32. The molecule has 184 valence electrons. The van der Waals surface area contributed by atoms with Gasteiger partial charge >= 0.3 is 0 Å². The maximum Gasteiger partial charge on any atom is 0.229 e. The minimum absolute atomic E-state index is 0.341. The summed E-state index contributed by atoms with van der Waals surface area (Å²) in [6.07, 6.45) is 10.3. The van der Waals surface area contributed by atoms with Gasteiger partial charge in [0.05, 0.1) is 26.5 Å². The number of benzene rings is 2. The van der Waals surface area contributed by atoms with Gasteiger partial charge in [-0.1, -0.05) is 29.8 Å². The number of aryl methyl sites for hydroxylation is 2. The number of hydrogen-bond acceptors (Lipinski definition) is 7. The molecule has 0 spiro atoms. The van der Waals surface area contributed by atoms with Crippen LogP contribution < -0.4 is 10.6 Å². The second-order valence-corrected chi connectivity index (χ2v) is 12.0. The fourth-order valence-corrected chi connectivity index (χ4v) is 6.14. The van der Waals surface area contributed by atoms with Crippen molar-refractivity contribution in [3.8, 4) is 0 Å². The number of nitrogens with one attached hydrogen (secondary N) is 3. The van der Waals surface area contributed by atoms with Gasteiger partial charge in [0.25, 0.3) is 0 Å². The molecular weight excluding hydrogens is 480 g/mol. The van der Waals surface area contributed by atoms with Crippen LogP contribution in [0.5, 0.6) is 0 Å². The molecule has 3 aromatic rings. The molecule has 1 unspecified atom stereocenters. The molecular formula is C26H31ClN6OS. The average Bonchev–Trinajstić information content (AvgIpc) is 3.28. The molecule has 2 atom stereocenters. The number of nitrogens with zero attached hydrogens (tertiary/aromatic N) is 3. The number of fused-ring (bicyclic) bond motifs is 1. The molecule has 0 radical (unpaired) electrons. The highest BCUT2D eigenvalue weighted by atomic mass is 35.5. The molecule has 0 saturated carbocycles. The maximum atomic E-state index is 12.4. The van der Waals surface area contributed by atoms with Crippen LogP contribution in [0.3, 0.4) is 0 Å². The van der Waals surface area contributed by atoms with Crippen molar-refractivity contribution in [2.75, 3.05) is 30.0 Å². The van der Waals surface area contributed by atoms with Crippen molar-refractivity contribution in [2.24, 2.45) is 0 Å². The molecule has 1 aliphatic heterocycles. The van der Waals surface area contributed by atoms with E-state index in [0.717, 1.165) is 18.5 Å². The van der Waals surface area contributed by atoms with E-state index in [-0.39, 0.29) is 0 Å². The quantitative estimate of drug-likeness (QED) is 0.352. The van der Waals surface area contributed by atoms with Crippen LogP contribution in [-0.2, 0) is 22.6 Å². The van der Waals surface area contributed by atoms with Crippen molar-refractivity contribution in [3.63, 3.8) is 0 Å². The standard InChI is InChI=1S/C26H31ClN6OS/c1-35(28,34)24-7-3-2-6-23(24)31-25-22(27)17-29-26(32-25)30-20-11-8-18-9-12-21(13-10-19(18)16-20)33-14-4-5-15-33/h2-3,6-8,11,16-17,21,28H,4-5,9-10,12-15H2,1H3,(H2,29,30,31,32)/t21-,35?/m0/s1. The fourth-order valence-electron chi connectivity index (χ4n) is 5.12. The van der Waals surface area contributed by atoms with E-state index in [2.05, 4.69) is 43.7 Å². The zero-order chi connectivity index (χ0) is 24.4. The Balaban J connectivity index is 1.33. The second kappa shape index (κ2) is 10.1. The van der Waals surface area contributed by atoms with Crippen LogP contribution in [0.15, 0.2) is 53.6 Å². The van der Waals surface area contributed by atoms with Crippen LogP contribution in [0.25, 0.3) is 0 Å². The van der Waals surface area contributed by atoms with Crippen LogP contribution in [0.2, 0.25) is 5.02 Å². The van der Waals surface area contributed by atoms with E-state index in [1.54, 1.807) is 18.2 Å². The molecule has 1 fully saturated rings. The zero-order valence-electron chi connectivity index (χ0n) is 19.9. The van der Waals surface area contributed by atoms with Crippen LogP contribution in [-0.4, -0.2) is 44.5 Å².